The van der Waals surface area contributed by atoms with Gasteiger partial charge in [0, 0.05) is 6.08 Å². The van der Waals surface area contributed by atoms with Crippen LogP contribution in [0.15, 0.2) is 66.7 Å². The van der Waals surface area contributed by atoms with Gasteiger partial charge in [-0.3, -0.25) is 15.0 Å². The molecule has 1 aliphatic heterocycles. The van der Waals surface area contributed by atoms with Crippen molar-refractivity contribution in [3.63, 3.8) is 0 Å². The Bertz CT molecular complexity index is 849. The molecule has 0 aliphatic carbocycles. The molecule has 3 rings (SSSR count). The third-order valence-electron chi connectivity index (χ3n) is 4.34. The van der Waals surface area contributed by atoms with E-state index in [2.05, 4.69) is 10.7 Å². The van der Waals surface area contributed by atoms with Gasteiger partial charge in [-0.25, -0.2) is 4.79 Å². The molecule has 1 aliphatic rings. The molecule has 0 unspecified atom stereocenters. The minimum atomic E-state index is -1.17. The summed E-state index contributed by atoms with van der Waals surface area (Å²) in [7, 11) is 0. The van der Waals surface area contributed by atoms with E-state index >= 15 is 0 Å². The van der Waals surface area contributed by atoms with Gasteiger partial charge in [-0.05, 0) is 23.6 Å². The van der Waals surface area contributed by atoms with Crippen molar-refractivity contribution in [1.82, 2.24) is 15.8 Å². The van der Waals surface area contributed by atoms with E-state index in [0.717, 1.165) is 10.6 Å². The monoisotopic (exact) mass is 349 g/mol. The van der Waals surface area contributed by atoms with Gasteiger partial charge in [0.1, 0.15) is 5.54 Å². The van der Waals surface area contributed by atoms with Crippen molar-refractivity contribution in [3.05, 3.63) is 77.9 Å². The molecule has 0 aromatic heterocycles. The fraction of sp³-hybridized carbons (Fsp3) is 0.150. The molecule has 132 valence electrons. The van der Waals surface area contributed by atoms with Crippen LogP contribution in [-0.4, -0.2) is 22.9 Å². The molecule has 0 bridgehead atoms. The van der Waals surface area contributed by atoms with Crippen LogP contribution in [0.2, 0.25) is 0 Å². The molecule has 26 heavy (non-hydrogen) atoms. The molecular weight excluding hydrogens is 330 g/mol. The smallest absolute Gasteiger partial charge is 0.318 e. The van der Waals surface area contributed by atoms with Gasteiger partial charge in [0.05, 0.1) is 0 Å². The first-order valence-electron chi connectivity index (χ1n) is 8.33. The maximum Gasteiger partial charge on any atom is 0.344 e. The van der Waals surface area contributed by atoms with Crippen LogP contribution in [0.1, 0.15) is 24.5 Å². The number of amides is 4. The van der Waals surface area contributed by atoms with Crippen molar-refractivity contribution in [2.24, 2.45) is 0 Å². The molecule has 4 amide bonds. The summed E-state index contributed by atoms with van der Waals surface area (Å²) >= 11 is 0. The Morgan fingerprint density at radius 2 is 1.69 bits per heavy atom. The summed E-state index contributed by atoms with van der Waals surface area (Å²) in [6.07, 6.45) is 3.26. The Balaban J connectivity index is 1.77. The van der Waals surface area contributed by atoms with Gasteiger partial charge in [0.2, 0.25) is 0 Å². The third-order valence-corrected chi connectivity index (χ3v) is 4.34. The molecule has 0 spiro atoms. The zero-order chi connectivity index (χ0) is 18.6. The van der Waals surface area contributed by atoms with Crippen LogP contribution in [0.3, 0.4) is 0 Å². The predicted octanol–water partition coefficient (Wildman–Crippen LogP) is 2.59. The number of rotatable bonds is 5. The molecule has 1 heterocycles. The van der Waals surface area contributed by atoms with E-state index in [-0.39, 0.29) is 0 Å². The highest BCUT2D eigenvalue weighted by molar-refractivity contribution is 6.09. The largest absolute Gasteiger partial charge is 0.344 e. The van der Waals surface area contributed by atoms with Crippen molar-refractivity contribution in [3.8, 4) is 0 Å². The van der Waals surface area contributed by atoms with Gasteiger partial charge in [-0.1, -0.05) is 67.6 Å². The number of carbonyl (C=O) groups excluding carboxylic acids is 3. The average molecular weight is 349 g/mol. The van der Waals surface area contributed by atoms with Gasteiger partial charge in [0.25, 0.3) is 11.8 Å². The first-order chi connectivity index (χ1) is 12.6. The summed E-state index contributed by atoms with van der Waals surface area (Å²) in [5, 5.41) is 3.46. The standard InChI is InChI=1S/C20H19N3O3/c1-2-20(16-11-7-4-8-12-16)18(25)23(19(26)21-20)22-17(24)14-13-15-9-5-3-6-10-15/h3-14H,2H2,1H3,(H,21,26)(H,22,24)/b14-13+/t20-/m0/s1. The minimum absolute atomic E-state index is 0.369. The summed E-state index contributed by atoms with van der Waals surface area (Å²) < 4.78 is 0. The quantitative estimate of drug-likeness (QED) is 0.643. The number of urea groups is 1. The van der Waals surface area contributed by atoms with Crippen molar-refractivity contribution in [1.29, 1.82) is 0 Å². The maximum absolute atomic E-state index is 12.9. The van der Waals surface area contributed by atoms with E-state index in [9.17, 15) is 14.4 Å². The zero-order valence-electron chi connectivity index (χ0n) is 14.3. The Labute approximate surface area is 151 Å². The van der Waals surface area contributed by atoms with Gasteiger partial charge in [-0.2, -0.15) is 5.01 Å². The molecule has 1 fully saturated rings. The number of nitrogens with zero attached hydrogens (tertiary/aromatic N) is 1. The summed E-state index contributed by atoms with van der Waals surface area (Å²) in [6, 6.07) is 17.6. The van der Waals surface area contributed by atoms with Gasteiger partial charge < -0.3 is 5.32 Å². The highest BCUT2D eigenvalue weighted by Crippen LogP contribution is 2.31. The summed E-state index contributed by atoms with van der Waals surface area (Å²) in [4.78, 5) is 37.3. The molecule has 2 N–H and O–H groups in total. The lowest BCUT2D eigenvalue weighted by atomic mass is 9.87. The highest BCUT2D eigenvalue weighted by Gasteiger charge is 2.52. The fourth-order valence-electron chi connectivity index (χ4n) is 2.92. The first kappa shape index (κ1) is 17.4. The van der Waals surface area contributed by atoms with Crippen LogP contribution in [0.25, 0.3) is 6.08 Å². The maximum atomic E-state index is 12.9. The van der Waals surface area contributed by atoms with Crippen molar-refractivity contribution in [2.45, 2.75) is 18.9 Å². The van der Waals surface area contributed by atoms with Crippen molar-refractivity contribution in [2.75, 3.05) is 0 Å². The minimum Gasteiger partial charge on any atom is -0.318 e. The molecule has 2 aromatic rings. The fourth-order valence-corrected chi connectivity index (χ4v) is 2.92. The second kappa shape index (κ2) is 7.23. The van der Waals surface area contributed by atoms with Crippen molar-refractivity contribution < 1.29 is 14.4 Å². The first-order valence-corrected chi connectivity index (χ1v) is 8.33. The molecule has 1 saturated heterocycles. The van der Waals surface area contributed by atoms with Crippen LogP contribution >= 0.6 is 0 Å². The van der Waals surface area contributed by atoms with E-state index in [4.69, 9.17) is 0 Å². The van der Waals surface area contributed by atoms with Crippen LogP contribution in [-0.2, 0) is 15.1 Å². The summed E-state index contributed by atoms with van der Waals surface area (Å²) in [6.45, 7) is 1.81. The van der Waals surface area contributed by atoms with E-state index < -0.39 is 23.4 Å². The Morgan fingerprint density at radius 1 is 1.08 bits per heavy atom. The third kappa shape index (κ3) is 3.21. The normalized spacial score (nSPS) is 19.7. The van der Waals surface area contributed by atoms with Crippen LogP contribution in [0.5, 0.6) is 0 Å². The van der Waals surface area contributed by atoms with Crippen LogP contribution < -0.4 is 10.7 Å². The molecule has 1 atom stereocenters. The summed E-state index contributed by atoms with van der Waals surface area (Å²) in [5.74, 6) is -1.06. The van der Waals surface area contributed by atoms with E-state index in [1.807, 2.05) is 43.3 Å². The van der Waals surface area contributed by atoms with E-state index in [1.165, 1.54) is 6.08 Å². The number of nitrogens with one attached hydrogen (secondary N) is 2. The Hall–Kier alpha value is -3.41. The van der Waals surface area contributed by atoms with Gasteiger partial charge in [-0.15, -0.1) is 0 Å². The Kier molecular flexibility index (Phi) is 4.84. The van der Waals surface area contributed by atoms with E-state index in [0.29, 0.717) is 12.0 Å². The number of hydrazine groups is 1. The average Bonchev–Trinajstić information content (AvgIpc) is 2.93. The SMILES string of the molecule is CC[C@@]1(c2ccccc2)NC(=O)N(NC(=O)/C=C/c2ccccc2)C1=O. The van der Waals surface area contributed by atoms with E-state index in [1.54, 1.807) is 30.3 Å². The molecule has 6 heteroatoms. The molecule has 0 saturated carbocycles. The molecule has 2 aromatic carbocycles. The van der Waals surface area contributed by atoms with Gasteiger partial charge in [0.15, 0.2) is 0 Å². The Morgan fingerprint density at radius 3 is 2.31 bits per heavy atom. The molecule has 0 radical (unpaired) electrons. The number of imide groups is 1. The lowest BCUT2D eigenvalue weighted by molar-refractivity contribution is -0.138. The zero-order valence-corrected chi connectivity index (χ0v) is 14.3. The van der Waals surface area contributed by atoms with Crippen LogP contribution in [0, 0.1) is 0 Å². The molecule has 6 nitrogen and oxygen atoms in total. The number of hydrogen-bond donors (Lipinski definition) is 2. The number of hydrogen-bond acceptors (Lipinski definition) is 3. The predicted molar refractivity (Wildman–Crippen MR) is 97.4 cm³/mol. The van der Waals surface area contributed by atoms with Crippen molar-refractivity contribution >= 4 is 23.9 Å². The second-order valence-electron chi connectivity index (χ2n) is 5.92. The molecular formula is C20H19N3O3. The van der Waals surface area contributed by atoms with Crippen LogP contribution in [0.4, 0.5) is 4.79 Å². The second-order valence-corrected chi connectivity index (χ2v) is 5.92. The topological polar surface area (TPSA) is 78.5 Å². The lowest BCUT2D eigenvalue weighted by Gasteiger charge is -2.25. The summed E-state index contributed by atoms with van der Waals surface area (Å²) in [5.41, 5.74) is 2.70. The number of carbonyl (C=O) groups is 3. The lowest BCUT2D eigenvalue weighted by Crippen LogP contribution is -2.48. The highest BCUT2D eigenvalue weighted by atomic mass is 16.2. The van der Waals surface area contributed by atoms with Gasteiger partial charge >= 0.3 is 6.03 Å². The number of benzene rings is 2.